The third-order valence-electron chi connectivity index (χ3n) is 3.82. The van der Waals surface area contributed by atoms with Crippen molar-refractivity contribution in [3.8, 4) is 5.75 Å². The lowest BCUT2D eigenvalue weighted by Gasteiger charge is -2.25. The lowest BCUT2D eigenvalue weighted by Crippen LogP contribution is -2.31. The number of nitrogens with zero attached hydrogens (tertiary/aromatic N) is 2. The van der Waals surface area contributed by atoms with Crippen molar-refractivity contribution in [2.24, 2.45) is 0 Å². The Morgan fingerprint density at radius 2 is 2.36 bits per heavy atom. The summed E-state index contributed by atoms with van der Waals surface area (Å²) in [5.74, 6) is 0.616. The number of nitrogens with one attached hydrogen (secondary N) is 1. The summed E-state index contributed by atoms with van der Waals surface area (Å²) >= 11 is 0. The highest BCUT2D eigenvalue weighted by Crippen LogP contribution is 2.27. The Hall–Kier alpha value is -2.43. The van der Waals surface area contributed by atoms with Crippen LogP contribution in [-0.2, 0) is 6.42 Å². The van der Waals surface area contributed by atoms with Crippen molar-refractivity contribution in [3.05, 3.63) is 53.6 Å². The second kappa shape index (κ2) is 6.56. The molecule has 3 rings (SSSR count). The second-order valence-electron chi connectivity index (χ2n) is 5.30. The molecule has 0 fully saturated rings. The first-order chi connectivity index (χ1) is 10.8. The van der Waals surface area contributed by atoms with E-state index in [-0.39, 0.29) is 11.9 Å². The fraction of sp³-hybridized carbons (Fsp3) is 0.353. The molecule has 1 N–H and O–H groups in total. The van der Waals surface area contributed by atoms with E-state index in [1.807, 2.05) is 25.3 Å². The van der Waals surface area contributed by atoms with Gasteiger partial charge in [-0.2, -0.15) is 0 Å². The van der Waals surface area contributed by atoms with Gasteiger partial charge in [0.05, 0.1) is 12.6 Å². The minimum absolute atomic E-state index is 0.0202. The molecule has 0 bridgehead atoms. The zero-order chi connectivity index (χ0) is 15.4. The van der Waals surface area contributed by atoms with Gasteiger partial charge < -0.3 is 10.1 Å². The van der Waals surface area contributed by atoms with E-state index < -0.39 is 0 Å². The minimum atomic E-state index is -0.0942. The molecule has 0 radical (unpaired) electrons. The van der Waals surface area contributed by atoms with Crippen molar-refractivity contribution >= 4 is 5.91 Å². The second-order valence-corrected chi connectivity index (χ2v) is 5.30. The highest BCUT2D eigenvalue weighted by Gasteiger charge is 2.23. The van der Waals surface area contributed by atoms with Gasteiger partial charge in [-0.1, -0.05) is 6.07 Å². The van der Waals surface area contributed by atoms with Crippen LogP contribution in [0.5, 0.6) is 5.75 Å². The van der Waals surface area contributed by atoms with Crippen LogP contribution in [0, 0.1) is 0 Å². The maximum Gasteiger partial charge on any atom is 0.251 e. The number of fused-ring (bicyclic) bond motifs is 1. The minimum Gasteiger partial charge on any atom is -0.494 e. The van der Waals surface area contributed by atoms with Gasteiger partial charge in [-0.3, -0.25) is 4.79 Å². The summed E-state index contributed by atoms with van der Waals surface area (Å²) in [6.07, 6.45) is 6.26. The lowest BCUT2D eigenvalue weighted by molar-refractivity contribution is 0.0932. The number of rotatable bonds is 4. The van der Waals surface area contributed by atoms with Gasteiger partial charge in [0.15, 0.2) is 0 Å². The standard InChI is InChI=1S/C17H19N3O2/c1-2-22-13-6-3-5-12(9-13)17(21)20-16-8-4-7-15-14(16)10-18-11-19-15/h3,5-6,9-11,16H,2,4,7-8H2,1H3,(H,20,21). The number of aryl methyl sites for hydroxylation is 1. The monoisotopic (exact) mass is 297 g/mol. The molecule has 1 aromatic heterocycles. The van der Waals surface area contributed by atoms with Crippen LogP contribution in [-0.4, -0.2) is 22.5 Å². The topological polar surface area (TPSA) is 64.1 Å². The van der Waals surface area contributed by atoms with E-state index >= 15 is 0 Å². The van der Waals surface area contributed by atoms with Crippen LogP contribution >= 0.6 is 0 Å². The van der Waals surface area contributed by atoms with Gasteiger partial charge >= 0.3 is 0 Å². The van der Waals surface area contributed by atoms with Crippen molar-refractivity contribution in [1.29, 1.82) is 0 Å². The van der Waals surface area contributed by atoms with E-state index in [1.165, 1.54) is 0 Å². The first-order valence-corrected chi connectivity index (χ1v) is 7.60. The van der Waals surface area contributed by atoms with Gasteiger partial charge in [0, 0.05) is 23.0 Å². The number of carbonyl (C=O) groups excluding carboxylic acids is 1. The molecule has 1 heterocycles. The summed E-state index contributed by atoms with van der Waals surface area (Å²) in [5, 5.41) is 3.09. The molecule has 2 aromatic rings. The van der Waals surface area contributed by atoms with E-state index in [0.29, 0.717) is 17.9 Å². The Morgan fingerprint density at radius 1 is 1.45 bits per heavy atom. The summed E-state index contributed by atoms with van der Waals surface area (Å²) < 4.78 is 5.44. The largest absolute Gasteiger partial charge is 0.494 e. The third kappa shape index (κ3) is 3.08. The van der Waals surface area contributed by atoms with Crippen molar-refractivity contribution in [2.45, 2.75) is 32.2 Å². The molecule has 5 heteroatoms. The summed E-state index contributed by atoms with van der Waals surface area (Å²) in [4.78, 5) is 20.9. The maximum atomic E-state index is 12.5. The SMILES string of the molecule is CCOc1cccc(C(=O)NC2CCCc3ncncc32)c1. The third-order valence-corrected chi connectivity index (χ3v) is 3.82. The zero-order valence-corrected chi connectivity index (χ0v) is 12.6. The smallest absolute Gasteiger partial charge is 0.251 e. The molecule has 0 aliphatic heterocycles. The molecular weight excluding hydrogens is 278 g/mol. The zero-order valence-electron chi connectivity index (χ0n) is 12.6. The fourth-order valence-electron chi connectivity index (χ4n) is 2.78. The summed E-state index contributed by atoms with van der Waals surface area (Å²) in [6.45, 7) is 2.50. The van der Waals surface area contributed by atoms with E-state index in [1.54, 1.807) is 18.5 Å². The van der Waals surface area contributed by atoms with Crippen LogP contribution in [0.1, 0.15) is 47.4 Å². The van der Waals surface area contributed by atoms with Crippen LogP contribution in [0.4, 0.5) is 0 Å². The molecule has 1 aliphatic carbocycles. The molecule has 0 spiro atoms. The fourth-order valence-corrected chi connectivity index (χ4v) is 2.78. The van der Waals surface area contributed by atoms with Crippen LogP contribution in [0.3, 0.4) is 0 Å². The van der Waals surface area contributed by atoms with E-state index in [4.69, 9.17) is 4.74 Å². The quantitative estimate of drug-likeness (QED) is 0.942. The predicted octanol–water partition coefficient (Wildman–Crippen LogP) is 2.68. The Bertz CT molecular complexity index is 672. The molecule has 22 heavy (non-hydrogen) atoms. The van der Waals surface area contributed by atoms with Gasteiger partial charge in [-0.15, -0.1) is 0 Å². The number of aromatic nitrogens is 2. The first-order valence-electron chi connectivity index (χ1n) is 7.60. The molecule has 114 valence electrons. The van der Waals surface area contributed by atoms with Crippen LogP contribution in [0.15, 0.2) is 36.8 Å². The molecule has 0 saturated carbocycles. The molecular formula is C17H19N3O2. The van der Waals surface area contributed by atoms with Crippen LogP contribution in [0.2, 0.25) is 0 Å². The molecule has 0 saturated heterocycles. The van der Waals surface area contributed by atoms with Crippen molar-refractivity contribution < 1.29 is 9.53 Å². The molecule has 1 aliphatic rings. The van der Waals surface area contributed by atoms with Gasteiger partial charge in [-0.05, 0) is 44.4 Å². The number of ether oxygens (including phenoxy) is 1. The number of hydrogen-bond acceptors (Lipinski definition) is 4. The Morgan fingerprint density at radius 3 is 3.23 bits per heavy atom. The van der Waals surface area contributed by atoms with Crippen LogP contribution < -0.4 is 10.1 Å². The number of carbonyl (C=O) groups is 1. The summed E-state index contributed by atoms with van der Waals surface area (Å²) in [7, 11) is 0. The first kappa shape index (κ1) is 14.5. The molecule has 1 amide bonds. The van der Waals surface area contributed by atoms with Gasteiger partial charge in [0.2, 0.25) is 0 Å². The highest BCUT2D eigenvalue weighted by molar-refractivity contribution is 5.94. The molecule has 1 aromatic carbocycles. The molecule has 5 nitrogen and oxygen atoms in total. The van der Waals surface area contributed by atoms with Gasteiger partial charge in [0.1, 0.15) is 12.1 Å². The average molecular weight is 297 g/mol. The van der Waals surface area contributed by atoms with Crippen LogP contribution in [0.25, 0.3) is 0 Å². The van der Waals surface area contributed by atoms with Crippen molar-refractivity contribution in [2.75, 3.05) is 6.61 Å². The number of hydrogen-bond donors (Lipinski definition) is 1. The average Bonchev–Trinajstić information content (AvgIpc) is 2.56. The van der Waals surface area contributed by atoms with Crippen molar-refractivity contribution in [3.63, 3.8) is 0 Å². The van der Waals surface area contributed by atoms with E-state index in [0.717, 1.165) is 30.5 Å². The van der Waals surface area contributed by atoms with E-state index in [2.05, 4.69) is 15.3 Å². The highest BCUT2D eigenvalue weighted by atomic mass is 16.5. The van der Waals surface area contributed by atoms with Crippen molar-refractivity contribution in [1.82, 2.24) is 15.3 Å². The number of amides is 1. The number of benzene rings is 1. The Balaban J connectivity index is 1.76. The van der Waals surface area contributed by atoms with Gasteiger partial charge in [-0.25, -0.2) is 9.97 Å². The predicted molar refractivity (Wildman–Crippen MR) is 82.8 cm³/mol. The Kier molecular flexibility index (Phi) is 4.32. The van der Waals surface area contributed by atoms with Gasteiger partial charge in [0.25, 0.3) is 5.91 Å². The summed E-state index contributed by atoms with van der Waals surface area (Å²) in [5.41, 5.74) is 2.67. The van der Waals surface area contributed by atoms with E-state index in [9.17, 15) is 4.79 Å². The molecule has 1 atom stereocenters. The normalized spacial score (nSPS) is 16.7. The summed E-state index contributed by atoms with van der Waals surface area (Å²) in [6, 6.07) is 7.22. The lowest BCUT2D eigenvalue weighted by atomic mass is 9.92. The Labute approximate surface area is 129 Å². The molecule has 1 unspecified atom stereocenters. The maximum absolute atomic E-state index is 12.5.